The Morgan fingerprint density at radius 2 is 1.24 bits per heavy atom. The zero-order chi connectivity index (χ0) is 26.1. The molecular weight excluding hydrogens is 469 g/mol. The lowest BCUT2D eigenvalue weighted by Gasteiger charge is -2.36. The minimum Gasteiger partial charge on any atom is -0.497 e. The molecule has 0 aromatic heterocycles. The smallest absolute Gasteiger partial charge is 0.144 e. The first-order valence-electron chi connectivity index (χ1n) is 11.8. The SMILES string of the molecule is COc1ccc(C(OCc2cc(CF)cc(CN=[N+]=[N-])c2)(c2ccccc2)c2ccc(OC)cc2)cc1. The maximum atomic E-state index is 13.7. The zero-order valence-corrected chi connectivity index (χ0v) is 20.8. The van der Waals surface area contributed by atoms with E-state index in [1.165, 1.54) is 0 Å². The van der Waals surface area contributed by atoms with E-state index in [1.807, 2.05) is 84.9 Å². The van der Waals surface area contributed by atoms with Crippen molar-refractivity contribution in [3.8, 4) is 11.5 Å². The number of alkyl halides is 1. The van der Waals surface area contributed by atoms with Crippen LogP contribution in [0.5, 0.6) is 11.5 Å². The van der Waals surface area contributed by atoms with Gasteiger partial charge in [-0.1, -0.05) is 77.9 Å². The lowest BCUT2D eigenvalue weighted by molar-refractivity contribution is 0.000131. The molecule has 6 nitrogen and oxygen atoms in total. The summed E-state index contributed by atoms with van der Waals surface area (Å²) in [4.78, 5) is 2.83. The second-order valence-corrected chi connectivity index (χ2v) is 8.47. The van der Waals surface area contributed by atoms with Crippen LogP contribution in [0.15, 0.2) is 102 Å². The molecule has 0 N–H and O–H groups in total. The van der Waals surface area contributed by atoms with E-state index in [1.54, 1.807) is 26.4 Å². The average molecular weight is 498 g/mol. The van der Waals surface area contributed by atoms with Crippen molar-refractivity contribution < 1.29 is 18.6 Å². The van der Waals surface area contributed by atoms with Crippen LogP contribution >= 0.6 is 0 Å². The van der Waals surface area contributed by atoms with Crippen LogP contribution in [0.25, 0.3) is 10.4 Å². The molecule has 0 aliphatic carbocycles. The second kappa shape index (κ2) is 12.1. The first-order valence-corrected chi connectivity index (χ1v) is 11.8. The Kier molecular flexibility index (Phi) is 8.41. The third-order valence-corrected chi connectivity index (χ3v) is 6.21. The molecule has 0 saturated carbocycles. The van der Waals surface area contributed by atoms with Gasteiger partial charge in [-0.25, -0.2) is 4.39 Å². The van der Waals surface area contributed by atoms with E-state index >= 15 is 0 Å². The molecular formula is C30H28FN3O3. The van der Waals surface area contributed by atoms with Gasteiger partial charge >= 0.3 is 0 Å². The molecule has 0 aliphatic heterocycles. The van der Waals surface area contributed by atoms with Crippen molar-refractivity contribution in [3.05, 3.63) is 141 Å². The predicted molar refractivity (Wildman–Crippen MR) is 141 cm³/mol. The first-order chi connectivity index (χ1) is 18.1. The molecule has 0 fully saturated rings. The van der Waals surface area contributed by atoms with Gasteiger partial charge in [0.25, 0.3) is 0 Å². The number of methoxy groups -OCH3 is 2. The third-order valence-electron chi connectivity index (χ3n) is 6.21. The van der Waals surface area contributed by atoms with Crippen molar-refractivity contribution in [2.75, 3.05) is 14.2 Å². The number of hydrogen-bond acceptors (Lipinski definition) is 4. The van der Waals surface area contributed by atoms with Gasteiger partial charge in [-0.05, 0) is 63.2 Å². The van der Waals surface area contributed by atoms with Crippen LogP contribution in [0.4, 0.5) is 4.39 Å². The molecule has 0 aliphatic rings. The van der Waals surface area contributed by atoms with Crippen LogP contribution in [0.3, 0.4) is 0 Å². The molecule has 0 unspecified atom stereocenters. The summed E-state index contributed by atoms with van der Waals surface area (Å²) in [7, 11) is 3.26. The summed E-state index contributed by atoms with van der Waals surface area (Å²) in [5.41, 5.74) is 12.5. The largest absolute Gasteiger partial charge is 0.497 e. The fraction of sp³-hybridized carbons (Fsp3) is 0.200. The number of ether oxygens (including phenoxy) is 3. The van der Waals surface area contributed by atoms with Crippen molar-refractivity contribution in [3.63, 3.8) is 0 Å². The lowest BCUT2D eigenvalue weighted by atomic mass is 9.80. The zero-order valence-electron chi connectivity index (χ0n) is 20.8. The van der Waals surface area contributed by atoms with Crippen LogP contribution in [-0.4, -0.2) is 14.2 Å². The van der Waals surface area contributed by atoms with Crippen LogP contribution in [0.1, 0.15) is 33.4 Å². The van der Waals surface area contributed by atoms with E-state index in [9.17, 15) is 4.39 Å². The van der Waals surface area contributed by atoms with Crippen molar-refractivity contribution in [1.82, 2.24) is 0 Å². The van der Waals surface area contributed by atoms with Crippen LogP contribution in [-0.2, 0) is 30.2 Å². The van der Waals surface area contributed by atoms with Crippen LogP contribution in [0, 0.1) is 0 Å². The van der Waals surface area contributed by atoms with E-state index in [4.69, 9.17) is 19.7 Å². The monoisotopic (exact) mass is 497 g/mol. The number of nitrogens with zero attached hydrogens (tertiary/aromatic N) is 3. The third kappa shape index (κ3) is 5.75. The van der Waals surface area contributed by atoms with Gasteiger partial charge in [-0.2, -0.15) is 0 Å². The Morgan fingerprint density at radius 3 is 1.76 bits per heavy atom. The quantitative estimate of drug-likeness (QED) is 0.0932. The van der Waals surface area contributed by atoms with E-state index in [-0.39, 0.29) is 13.2 Å². The number of hydrogen-bond donors (Lipinski definition) is 0. The highest BCUT2D eigenvalue weighted by molar-refractivity contribution is 5.50. The molecule has 7 heteroatoms. The highest BCUT2D eigenvalue weighted by Crippen LogP contribution is 2.42. The summed E-state index contributed by atoms with van der Waals surface area (Å²) in [6.45, 7) is -0.305. The summed E-state index contributed by atoms with van der Waals surface area (Å²) >= 11 is 0. The molecule has 0 amide bonds. The second-order valence-electron chi connectivity index (χ2n) is 8.47. The molecule has 4 aromatic carbocycles. The Morgan fingerprint density at radius 1 is 0.730 bits per heavy atom. The van der Waals surface area contributed by atoms with Gasteiger partial charge in [0.15, 0.2) is 0 Å². The predicted octanol–water partition coefficient (Wildman–Crippen LogP) is 7.49. The minimum atomic E-state index is -0.990. The fourth-order valence-electron chi connectivity index (χ4n) is 4.47. The molecule has 4 rings (SSSR count). The molecule has 37 heavy (non-hydrogen) atoms. The summed E-state index contributed by atoms with van der Waals surface area (Å²) in [6, 6.07) is 30.9. The van der Waals surface area contributed by atoms with Gasteiger partial charge in [-0.15, -0.1) is 0 Å². The number of benzene rings is 4. The topological polar surface area (TPSA) is 76.5 Å². The van der Waals surface area contributed by atoms with E-state index < -0.39 is 12.3 Å². The van der Waals surface area contributed by atoms with Gasteiger partial charge in [0.05, 0.1) is 27.4 Å². The highest BCUT2D eigenvalue weighted by Gasteiger charge is 2.38. The lowest BCUT2D eigenvalue weighted by Crippen LogP contribution is -2.32. The minimum absolute atomic E-state index is 0.137. The number of halogens is 1. The molecule has 0 heterocycles. The Hall–Kier alpha value is -4.32. The van der Waals surface area contributed by atoms with Crippen molar-refractivity contribution >= 4 is 0 Å². The van der Waals surface area contributed by atoms with E-state index in [2.05, 4.69) is 10.0 Å². The van der Waals surface area contributed by atoms with Gasteiger partial charge < -0.3 is 14.2 Å². The van der Waals surface area contributed by atoms with Crippen LogP contribution < -0.4 is 9.47 Å². The van der Waals surface area contributed by atoms with Gasteiger partial charge in [0, 0.05) is 4.91 Å². The van der Waals surface area contributed by atoms with Crippen molar-refractivity contribution in [2.45, 2.75) is 25.4 Å². The van der Waals surface area contributed by atoms with Gasteiger partial charge in [0.1, 0.15) is 23.8 Å². The Labute approximate surface area is 215 Å². The number of rotatable bonds is 11. The molecule has 0 spiro atoms. The highest BCUT2D eigenvalue weighted by atomic mass is 19.1. The van der Waals surface area contributed by atoms with Gasteiger partial charge in [-0.3, -0.25) is 0 Å². The molecule has 0 atom stereocenters. The van der Waals surface area contributed by atoms with Crippen molar-refractivity contribution in [1.29, 1.82) is 0 Å². The summed E-state index contributed by atoms with van der Waals surface area (Å²) in [5, 5.41) is 3.64. The first kappa shape index (κ1) is 25.8. The maximum Gasteiger partial charge on any atom is 0.144 e. The van der Waals surface area contributed by atoms with Gasteiger partial charge in [0.2, 0.25) is 0 Å². The Bertz CT molecular complexity index is 1310. The van der Waals surface area contributed by atoms with Crippen molar-refractivity contribution in [2.24, 2.45) is 5.11 Å². The standard InChI is InChI=1S/C30H28FN3O3/c1-35-28-12-8-26(9-13-28)30(25-6-4-3-5-7-25,27-10-14-29(36-2)15-11-27)37-21-24-17-22(19-31)16-23(18-24)20-33-34-32/h3-18H,19-21H2,1-2H3. The van der Waals surface area contributed by atoms with E-state index in [0.717, 1.165) is 39.3 Å². The fourth-order valence-corrected chi connectivity index (χ4v) is 4.47. The van der Waals surface area contributed by atoms with E-state index in [0.29, 0.717) is 5.56 Å². The molecule has 0 bridgehead atoms. The number of azide groups is 1. The summed E-state index contributed by atoms with van der Waals surface area (Å²) in [5.74, 6) is 1.47. The average Bonchev–Trinajstić information content (AvgIpc) is 2.97. The molecule has 0 radical (unpaired) electrons. The molecule has 4 aromatic rings. The maximum absolute atomic E-state index is 13.7. The van der Waals surface area contributed by atoms with Crippen LogP contribution in [0.2, 0.25) is 0 Å². The summed E-state index contributed by atoms with van der Waals surface area (Å²) in [6.07, 6.45) is 0. The summed E-state index contributed by atoms with van der Waals surface area (Å²) < 4.78 is 31.3. The Balaban J connectivity index is 1.86. The molecule has 0 saturated heterocycles. The normalized spacial score (nSPS) is 11.0. The molecule has 188 valence electrons.